The average molecular weight is 371 g/mol. The van der Waals surface area contributed by atoms with Crippen LogP contribution in [0, 0.1) is 5.82 Å². The molecule has 0 unspecified atom stereocenters. The van der Waals surface area contributed by atoms with Gasteiger partial charge in [-0.05, 0) is 31.0 Å². The van der Waals surface area contributed by atoms with Crippen molar-refractivity contribution in [3.63, 3.8) is 0 Å². The van der Waals surface area contributed by atoms with E-state index in [1.54, 1.807) is 35.6 Å². The molecular formula is C19H18FN3O4. The van der Waals surface area contributed by atoms with Crippen molar-refractivity contribution in [1.29, 1.82) is 0 Å². The molecule has 7 nitrogen and oxygen atoms in total. The fourth-order valence-electron chi connectivity index (χ4n) is 3.07. The number of piperidine rings is 1. The van der Waals surface area contributed by atoms with Crippen LogP contribution in [-0.2, 0) is 4.79 Å². The summed E-state index contributed by atoms with van der Waals surface area (Å²) >= 11 is 0. The Balaban J connectivity index is 1.30. The quantitative estimate of drug-likeness (QED) is 0.685. The van der Waals surface area contributed by atoms with Crippen molar-refractivity contribution in [2.75, 3.05) is 19.7 Å². The van der Waals surface area contributed by atoms with Crippen LogP contribution in [0.2, 0.25) is 0 Å². The minimum absolute atomic E-state index is 0.0818. The third-order valence-electron chi connectivity index (χ3n) is 4.59. The van der Waals surface area contributed by atoms with Gasteiger partial charge in [-0.1, -0.05) is 12.1 Å². The molecule has 0 aliphatic carbocycles. The molecule has 0 atom stereocenters. The summed E-state index contributed by atoms with van der Waals surface area (Å²) in [5.74, 6) is 0.541. The summed E-state index contributed by atoms with van der Waals surface area (Å²) in [4.78, 5) is 14.0. The van der Waals surface area contributed by atoms with Gasteiger partial charge in [-0.2, -0.15) is 0 Å². The zero-order valence-electron chi connectivity index (χ0n) is 14.5. The van der Waals surface area contributed by atoms with Gasteiger partial charge < -0.3 is 18.5 Å². The topological polar surface area (TPSA) is 81.6 Å². The van der Waals surface area contributed by atoms with Gasteiger partial charge in [0.1, 0.15) is 6.26 Å². The van der Waals surface area contributed by atoms with Crippen molar-refractivity contribution < 1.29 is 22.8 Å². The predicted octanol–water partition coefficient (Wildman–Crippen LogP) is 3.25. The molecule has 4 rings (SSSR count). The SMILES string of the molecule is O=C(COc1ccccc1F)N1CCC(c2nnc(-c3ccoc3)o2)CC1. The summed E-state index contributed by atoms with van der Waals surface area (Å²) in [6.07, 6.45) is 4.54. The van der Waals surface area contributed by atoms with Crippen molar-refractivity contribution in [3.8, 4) is 17.2 Å². The molecule has 8 heteroatoms. The summed E-state index contributed by atoms with van der Waals surface area (Å²) in [7, 11) is 0. The van der Waals surface area contributed by atoms with E-state index in [0.717, 1.165) is 18.4 Å². The first kappa shape index (κ1) is 17.3. The van der Waals surface area contributed by atoms with Crippen molar-refractivity contribution in [3.05, 3.63) is 54.6 Å². The van der Waals surface area contributed by atoms with E-state index in [2.05, 4.69) is 10.2 Å². The van der Waals surface area contributed by atoms with Crippen molar-refractivity contribution >= 4 is 5.91 Å². The van der Waals surface area contributed by atoms with E-state index < -0.39 is 5.82 Å². The first-order valence-electron chi connectivity index (χ1n) is 8.72. The van der Waals surface area contributed by atoms with E-state index >= 15 is 0 Å². The highest BCUT2D eigenvalue weighted by Gasteiger charge is 2.28. The second-order valence-corrected chi connectivity index (χ2v) is 6.33. The second kappa shape index (κ2) is 7.61. The van der Waals surface area contributed by atoms with Crippen LogP contribution < -0.4 is 4.74 Å². The Kier molecular flexibility index (Phi) is 4.86. The number of benzene rings is 1. The van der Waals surface area contributed by atoms with Gasteiger partial charge in [-0.3, -0.25) is 4.79 Å². The first-order chi connectivity index (χ1) is 13.2. The second-order valence-electron chi connectivity index (χ2n) is 6.33. The summed E-state index contributed by atoms with van der Waals surface area (Å²) in [5, 5.41) is 8.17. The number of nitrogens with zero attached hydrogens (tertiary/aromatic N) is 3. The summed E-state index contributed by atoms with van der Waals surface area (Å²) in [6.45, 7) is 0.942. The minimum Gasteiger partial charge on any atom is -0.481 e. The fourth-order valence-corrected chi connectivity index (χ4v) is 3.07. The highest BCUT2D eigenvalue weighted by molar-refractivity contribution is 5.77. The maximum absolute atomic E-state index is 13.5. The molecule has 2 aromatic heterocycles. The van der Waals surface area contributed by atoms with Crippen LogP contribution in [0.3, 0.4) is 0 Å². The van der Waals surface area contributed by atoms with Crippen LogP contribution in [0.4, 0.5) is 4.39 Å². The van der Waals surface area contributed by atoms with E-state index in [1.807, 2.05) is 0 Å². The van der Waals surface area contributed by atoms with Crippen LogP contribution in [-0.4, -0.2) is 40.7 Å². The van der Waals surface area contributed by atoms with Gasteiger partial charge in [0.15, 0.2) is 18.2 Å². The third kappa shape index (κ3) is 3.84. The number of hydrogen-bond donors (Lipinski definition) is 0. The highest BCUT2D eigenvalue weighted by Crippen LogP contribution is 2.29. The van der Waals surface area contributed by atoms with E-state index in [0.29, 0.717) is 24.9 Å². The van der Waals surface area contributed by atoms with Crippen molar-refractivity contribution in [2.45, 2.75) is 18.8 Å². The van der Waals surface area contributed by atoms with Gasteiger partial charge in [0, 0.05) is 19.0 Å². The zero-order valence-corrected chi connectivity index (χ0v) is 14.5. The number of likely N-dealkylation sites (tertiary alicyclic amines) is 1. The molecule has 1 aliphatic heterocycles. The minimum atomic E-state index is -0.478. The van der Waals surface area contributed by atoms with Crippen molar-refractivity contribution in [2.24, 2.45) is 0 Å². The molecule has 3 heterocycles. The number of rotatable bonds is 5. The van der Waals surface area contributed by atoms with Gasteiger partial charge in [0.05, 0.1) is 11.8 Å². The Morgan fingerprint density at radius 1 is 1.22 bits per heavy atom. The normalized spacial score (nSPS) is 15.1. The number of furan rings is 1. The lowest BCUT2D eigenvalue weighted by Gasteiger charge is -2.30. The average Bonchev–Trinajstić information content (AvgIpc) is 3.39. The summed E-state index contributed by atoms with van der Waals surface area (Å²) in [6, 6.07) is 7.80. The number of hydrogen-bond acceptors (Lipinski definition) is 6. The molecule has 0 N–H and O–H groups in total. The standard InChI is InChI=1S/C19H18FN3O4/c20-15-3-1-2-4-16(15)26-12-17(24)23-8-5-13(6-9-23)18-21-22-19(27-18)14-7-10-25-11-14/h1-4,7,10-11,13H,5-6,8-9,12H2. The Morgan fingerprint density at radius 2 is 2.04 bits per heavy atom. The highest BCUT2D eigenvalue weighted by atomic mass is 19.1. The fraction of sp³-hybridized carbons (Fsp3) is 0.316. The molecule has 27 heavy (non-hydrogen) atoms. The van der Waals surface area contributed by atoms with Gasteiger partial charge in [-0.25, -0.2) is 4.39 Å². The number of carbonyl (C=O) groups is 1. The molecule has 1 saturated heterocycles. The molecule has 3 aromatic rings. The van der Waals surface area contributed by atoms with Gasteiger partial charge in [-0.15, -0.1) is 10.2 Å². The van der Waals surface area contributed by atoms with Crippen LogP contribution in [0.5, 0.6) is 5.75 Å². The van der Waals surface area contributed by atoms with Crippen molar-refractivity contribution in [1.82, 2.24) is 15.1 Å². The van der Waals surface area contributed by atoms with Crippen LogP contribution in [0.25, 0.3) is 11.5 Å². The zero-order chi connectivity index (χ0) is 18.6. The van der Waals surface area contributed by atoms with E-state index in [-0.39, 0.29) is 24.2 Å². The Morgan fingerprint density at radius 3 is 2.78 bits per heavy atom. The lowest BCUT2D eigenvalue weighted by atomic mass is 9.97. The summed E-state index contributed by atoms with van der Waals surface area (Å²) in [5.41, 5.74) is 0.742. The molecule has 1 aromatic carbocycles. The maximum atomic E-state index is 13.5. The van der Waals surface area contributed by atoms with Gasteiger partial charge >= 0.3 is 0 Å². The lowest BCUT2D eigenvalue weighted by Crippen LogP contribution is -2.40. The molecule has 0 bridgehead atoms. The number of ether oxygens (including phenoxy) is 1. The Hall–Kier alpha value is -3.16. The van der Waals surface area contributed by atoms with Crippen LogP contribution in [0.15, 0.2) is 51.7 Å². The predicted molar refractivity (Wildman–Crippen MR) is 92.5 cm³/mol. The molecule has 0 spiro atoms. The third-order valence-corrected chi connectivity index (χ3v) is 4.59. The number of carbonyl (C=O) groups excluding carboxylic acids is 1. The van der Waals surface area contributed by atoms with E-state index in [4.69, 9.17) is 13.6 Å². The van der Waals surface area contributed by atoms with Gasteiger partial charge in [0.25, 0.3) is 11.8 Å². The first-order valence-corrected chi connectivity index (χ1v) is 8.72. The molecular weight excluding hydrogens is 353 g/mol. The van der Waals surface area contributed by atoms with Crippen LogP contribution in [0.1, 0.15) is 24.7 Å². The number of aromatic nitrogens is 2. The monoisotopic (exact) mass is 371 g/mol. The number of amides is 1. The molecule has 1 amide bonds. The van der Waals surface area contributed by atoms with Gasteiger partial charge in [0.2, 0.25) is 5.89 Å². The number of halogens is 1. The lowest BCUT2D eigenvalue weighted by molar-refractivity contribution is -0.134. The number of para-hydroxylation sites is 1. The summed E-state index contributed by atoms with van der Waals surface area (Å²) < 4.78 is 29.6. The van der Waals surface area contributed by atoms with E-state index in [9.17, 15) is 9.18 Å². The van der Waals surface area contributed by atoms with Crippen LogP contribution >= 0.6 is 0 Å². The molecule has 0 radical (unpaired) electrons. The Bertz CT molecular complexity index is 901. The Labute approximate surface area is 154 Å². The largest absolute Gasteiger partial charge is 0.481 e. The molecule has 0 saturated carbocycles. The smallest absolute Gasteiger partial charge is 0.260 e. The molecule has 1 aliphatic rings. The molecule has 1 fully saturated rings. The van der Waals surface area contributed by atoms with E-state index in [1.165, 1.54) is 12.1 Å². The maximum Gasteiger partial charge on any atom is 0.260 e. The molecule has 140 valence electrons.